The van der Waals surface area contributed by atoms with E-state index >= 15 is 0 Å². The van der Waals surface area contributed by atoms with Crippen LogP contribution in [-0.4, -0.2) is 18.1 Å². The molecule has 0 aliphatic rings. The molecule has 0 spiro atoms. The first-order valence-electron chi connectivity index (χ1n) is 3.28. The van der Waals surface area contributed by atoms with Gasteiger partial charge in [-0.2, -0.15) is 0 Å². The van der Waals surface area contributed by atoms with Crippen LogP contribution < -0.4 is 10.5 Å². The van der Waals surface area contributed by atoms with Gasteiger partial charge in [-0.1, -0.05) is 0 Å². The summed E-state index contributed by atoms with van der Waals surface area (Å²) in [5.41, 5.74) is 6.98. The van der Waals surface area contributed by atoms with E-state index in [2.05, 4.69) is 0 Å². The highest BCUT2D eigenvalue weighted by Gasteiger charge is 2.06. The summed E-state index contributed by atoms with van der Waals surface area (Å²) in [5, 5.41) is 9.12. The highest BCUT2D eigenvalue weighted by Crippen LogP contribution is 2.25. The number of carbonyl (C=O) groups excluding carboxylic acids is 1. The van der Waals surface area contributed by atoms with Gasteiger partial charge in [-0.3, -0.25) is 10.5 Å². The van der Waals surface area contributed by atoms with E-state index in [0.717, 1.165) is 0 Å². The quantitative estimate of drug-likeness (QED) is 0.707. The Balaban J connectivity index is 3.13. The molecule has 0 saturated carbocycles. The molecule has 1 aromatic carbocycles. The van der Waals surface area contributed by atoms with E-state index in [1.807, 2.05) is 0 Å². The van der Waals surface area contributed by atoms with Crippen molar-refractivity contribution in [2.24, 2.45) is 0 Å². The lowest BCUT2D eigenvalue weighted by atomic mass is 10.2. The van der Waals surface area contributed by atoms with Crippen molar-refractivity contribution in [3.8, 4) is 11.5 Å². The molecule has 1 aromatic rings. The van der Waals surface area contributed by atoms with E-state index in [0.29, 0.717) is 0 Å². The molecule has 0 aliphatic carbocycles. The molecule has 0 unspecified atom stereocenters. The van der Waals surface area contributed by atoms with E-state index in [-0.39, 0.29) is 17.1 Å². The van der Waals surface area contributed by atoms with Crippen LogP contribution in [-0.2, 0) is 0 Å². The number of phenols is 1. The molecule has 0 aliphatic heterocycles. The standard InChI is InChI=1S/C8H8NO3/c1-12-7-4-5(8(9)11)2-3-6(7)10/h2-4,9-10H,1H3. The minimum absolute atomic E-state index is 0.0394. The molecule has 0 aromatic heterocycles. The third-order valence-corrected chi connectivity index (χ3v) is 1.44. The number of methoxy groups -OCH3 is 1. The van der Waals surface area contributed by atoms with Crippen molar-refractivity contribution in [2.75, 3.05) is 7.11 Å². The Kier molecular flexibility index (Phi) is 2.19. The van der Waals surface area contributed by atoms with Crippen LogP contribution in [0.15, 0.2) is 18.2 Å². The van der Waals surface area contributed by atoms with Crippen LogP contribution in [0, 0.1) is 0 Å². The van der Waals surface area contributed by atoms with Crippen molar-refractivity contribution >= 4 is 5.91 Å². The first-order valence-corrected chi connectivity index (χ1v) is 3.28. The normalized spacial score (nSPS) is 9.42. The fourth-order valence-corrected chi connectivity index (χ4v) is 0.819. The van der Waals surface area contributed by atoms with Gasteiger partial charge in [0.2, 0.25) is 0 Å². The lowest BCUT2D eigenvalue weighted by Crippen LogP contribution is -1.98. The molecular weight excluding hydrogens is 158 g/mol. The lowest BCUT2D eigenvalue weighted by molar-refractivity contribution is 0.0991. The molecule has 12 heavy (non-hydrogen) atoms. The molecule has 2 N–H and O–H groups in total. The second-order valence-corrected chi connectivity index (χ2v) is 2.22. The second-order valence-electron chi connectivity index (χ2n) is 2.22. The van der Waals surface area contributed by atoms with Gasteiger partial charge in [-0.05, 0) is 18.2 Å². The van der Waals surface area contributed by atoms with Crippen molar-refractivity contribution < 1.29 is 14.6 Å². The van der Waals surface area contributed by atoms with Crippen molar-refractivity contribution in [1.29, 1.82) is 0 Å². The predicted molar refractivity (Wildman–Crippen MR) is 42.1 cm³/mol. The number of hydrogen-bond acceptors (Lipinski definition) is 3. The monoisotopic (exact) mass is 166 g/mol. The van der Waals surface area contributed by atoms with Crippen LogP contribution in [0.3, 0.4) is 0 Å². The number of aromatic hydroxyl groups is 1. The summed E-state index contributed by atoms with van der Waals surface area (Å²) < 4.78 is 4.75. The van der Waals surface area contributed by atoms with Gasteiger partial charge >= 0.3 is 0 Å². The number of rotatable bonds is 2. The Bertz CT molecular complexity index is 309. The topological polar surface area (TPSA) is 70.3 Å². The number of nitrogens with one attached hydrogen (secondary N) is 1. The molecule has 0 heterocycles. The van der Waals surface area contributed by atoms with Gasteiger partial charge in [-0.15, -0.1) is 0 Å². The van der Waals surface area contributed by atoms with Crippen LogP contribution in [0.1, 0.15) is 10.4 Å². The van der Waals surface area contributed by atoms with Crippen LogP contribution in [0.25, 0.3) is 0 Å². The minimum Gasteiger partial charge on any atom is -0.504 e. The zero-order chi connectivity index (χ0) is 9.14. The summed E-state index contributed by atoms with van der Waals surface area (Å²) in [5.74, 6) is -0.635. The van der Waals surface area contributed by atoms with Crippen molar-refractivity contribution in [3.05, 3.63) is 23.8 Å². The predicted octanol–water partition coefficient (Wildman–Crippen LogP) is 0.824. The van der Waals surface area contributed by atoms with Gasteiger partial charge < -0.3 is 9.84 Å². The average molecular weight is 166 g/mol. The first-order chi connectivity index (χ1) is 5.65. The maximum Gasteiger partial charge on any atom is 0.269 e. The fraction of sp³-hybridized carbons (Fsp3) is 0.125. The smallest absolute Gasteiger partial charge is 0.269 e. The molecule has 63 valence electrons. The minimum atomic E-state index is -0.798. The summed E-state index contributed by atoms with van der Waals surface area (Å²) in [7, 11) is 1.38. The first kappa shape index (κ1) is 8.39. The maximum absolute atomic E-state index is 10.6. The van der Waals surface area contributed by atoms with Crippen molar-refractivity contribution in [3.63, 3.8) is 0 Å². The largest absolute Gasteiger partial charge is 0.504 e. The van der Waals surface area contributed by atoms with Crippen LogP contribution in [0.4, 0.5) is 0 Å². The average Bonchev–Trinajstić information content (AvgIpc) is 2.05. The Morgan fingerprint density at radius 2 is 2.25 bits per heavy atom. The zero-order valence-electron chi connectivity index (χ0n) is 6.50. The van der Waals surface area contributed by atoms with E-state index < -0.39 is 5.91 Å². The molecule has 0 atom stereocenters. The van der Waals surface area contributed by atoms with Crippen molar-refractivity contribution in [1.82, 2.24) is 5.73 Å². The number of benzene rings is 1. The summed E-state index contributed by atoms with van der Waals surface area (Å²) >= 11 is 0. The number of amides is 1. The Labute approximate surface area is 69.6 Å². The third-order valence-electron chi connectivity index (χ3n) is 1.44. The number of hydrogen-bond donors (Lipinski definition) is 1. The van der Waals surface area contributed by atoms with Gasteiger partial charge in [0.15, 0.2) is 11.5 Å². The highest BCUT2D eigenvalue weighted by molar-refractivity contribution is 5.92. The Hall–Kier alpha value is -1.71. The fourth-order valence-electron chi connectivity index (χ4n) is 0.819. The molecule has 4 heteroatoms. The summed E-state index contributed by atoms with van der Waals surface area (Å²) in [6, 6.07) is 4.01. The van der Waals surface area contributed by atoms with Crippen LogP contribution in [0.5, 0.6) is 11.5 Å². The van der Waals surface area contributed by atoms with Gasteiger partial charge in [-0.25, -0.2) is 0 Å². The van der Waals surface area contributed by atoms with E-state index in [4.69, 9.17) is 15.6 Å². The highest BCUT2D eigenvalue weighted by atomic mass is 16.5. The Morgan fingerprint density at radius 1 is 1.58 bits per heavy atom. The third kappa shape index (κ3) is 1.47. The van der Waals surface area contributed by atoms with E-state index in [1.165, 1.54) is 25.3 Å². The molecular formula is C8H8NO3. The summed E-state index contributed by atoms with van der Waals surface area (Å²) in [4.78, 5) is 10.6. The molecule has 1 rings (SSSR count). The zero-order valence-corrected chi connectivity index (χ0v) is 6.50. The van der Waals surface area contributed by atoms with Gasteiger partial charge in [0.1, 0.15) is 0 Å². The van der Waals surface area contributed by atoms with Crippen LogP contribution >= 0.6 is 0 Å². The number of ether oxygens (including phenoxy) is 1. The van der Waals surface area contributed by atoms with Crippen LogP contribution in [0.2, 0.25) is 0 Å². The molecule has 0 fully saturated rings. The van der Waals surface area contributed by atoms with Gasteiger partial charge in [0.25, 0.3) is 5.91 Å². The summed E-state index contributed by atoms with van der Waals surface area (Å²) in [6.45, 7) is 0. The van der Waals surface area contributed by atoms with E-state index in [1.54, 1.807) is 0 Å². The molecule has 1 amide bonds. The maximum atomic E-state index is 10.6. The number of phenolic OH excluding ortho intramolecular Hbond substituents is 1. The van der Waals surface area contributed by atoms with E-state index in [9.17, 15) is 4.79 Å². The molecule has 0 saturated heterocycles. The lowest BCUT2D eigenvalue weighted by Gasteiger charge is -2.03. The van der Waals surface area contributed by atoms with Crippen molar-refractivity contribution in [2.45, 2.75) is 0 Å². The SMILES string of the molecule is COc1cc(C([NH])=O)ccc1O. The Morgan fingerprint density at radius 3 is 2.75 bits per heavy atom. The second kappa shape index (κ2) is 3.13. The molecule has 4 nitrogen and oxygen atoms in total. The molecule has 1 radical (unpaired) electrons. The molecule has 0 bridgehead atoms. The van der Waals surface area contributed by atoms with Gasteiger partial charge in [0.05, 0.1) is 7.11 Å². The summed E-state index contributed by atoms with van der Waals surface area (Å²) in [6.07, 6.45) is 0. The number of carbonyl (C=O) groups is 1. The van der Waals surface area contributed by atoms with Gasteiger partial charge in [0, 0.05) is 5.56 Å².